The zero-order valence-corrected chi connectivity index (χ0v) is 11.6. The second kappa shape index (κ2) is 6.06. The van der Waals surface area contributed by atoms with Gasteiger partial charge in [0, 0.05) is 19.0 Å². The highest BCUT2D eigenvalue weighted by Crippen LogP contribution is 2.14. The molecular formula is C10H22ClNO2S. The van der Waals surface area contributed by atoms with E-state index in [-0.39, 0.29) is 16.4 Å². The standard InChI is InChI=1S/C10H22ClNO2S/c1-9(2)15(13,14)6-5-12-8-10(3,4)7-11/h9,12H,5-8H2,1-4H3. The van der Waals surface area contributed by atoms with Crippen LogP contribution in [0.5, 0.6) is 0 Å². The van der Waals surface area contributed by atoms with Gasteiger partial charge in [-0.3, -0.25) is 0 Å². The van der Waals surface area contributed by atoms with Crippen molar-refractivity contribution in [2.24, 2.45) is 5.41 Å². The van der Waals surface area contributed by atoms with Gasteiger partial charge in [0.25, 0.3) is 0 Å². The number of hydrogen-bond donors (Lipinski definition) is 1. The minimum Gasteiger partial charge on any atom is -0.315 e. The predicted octanol–water partition coefficient (Wildman–Crippen LogP) is 1.66. The van der Waals surface area contributed by atoms with E-state index in [2.05, 4.69) is 5.32 Å². The monoisotopic (exact) mass is 255 g/mol. The molecule has 15 heavy (non-hydrogen) atoms. The van der Waals surface area contributed by atoms with Crippen LogP contribution in [-0.4, -0.2) is 38.4 Å². The van der Waals surface area contributed by atoms with Gasteiger partial charge in [0.15, 0.2) is 9.84 Å². The van der Waals surface area contributed by atoms with Gasteiger partial charge >= 0.3 is 0 Å². The van der Waals surface area contributed by atoms with Gasteiger partial charge in [-0.2, -0.15) is 0 Å². The third-order valence-electron chi connectivity index (χ3n) is 2.25. The summed E-state index contributed by atoms with van der Waals surface area (Å²) in [6.07, 6.45) is 0. The zero-order chi connectivity index (χ0) is 12.1. The quantitative estimate of drug-likeness (QED) is 0.556. The van der Waals surface area contributed by atoms with Gasteiger partial charge in [0.1, 0.15) is 0 Å². The van der Waals surface area contributed by atoms with Crippen molar-refractivity contribution in [1.29, 1.82) is 0 Å². The predicted molar refractivity (Wildman–Crippen MR) is 66.3 cm³/mol. The van der Waals surface area contributed by atoms with Crippen LogP contribution in [0.2, 0.25) is 0 Å². The van der Waals surface area contributed by atoms with E-state index in [0.29, 0.717) is 12.4 Å². The molecule has 0 heterocycles. The van der Waals surface area contributed by atoms with Gasteiger partial charge in [-0.15, -0.1) is 11.6 Å². The third-order valence-corrected chi connectivity index (χ3v) is 5.18. The SMILES string of the molecule is CC(C)S(=O)(=O)CCNCC(C)(C)CCl. The highest BCUT2D eigenvalue weighted by molar-refractivity contribution is 7.92. The van der Waals surface area contributed by atoms with Gasteiger partial charge in [-0.1, -0.05) is 13.8 Å². The van der Waals surface area contributed by atoms with Crippen LogP contribution in [0.15, 0.2) is 0 Å². The Morgan fingerprint density at radius 2 is 1.87 bits per heavy atom. The molecule has 0 aliphatic heterocycles. The largest absolute Gasteiger partial charge is 0.315 e. The van der Waals surface area contributed by atoms with Crippen molar-refractivity contribution in [2.45, 2.75) is 32.9 Å². The normalized spacial score (nSPS) is 13.5. The lowest BCUT2D eigenvalue weighted by molar-refractivity contribution is 0.391. The summed E-state index contributed by atoms with van der Waals surface area (Å²) in [6.45, 7) is 8.74. The second-order valence-corrected chi connectivity index (χ2v) is 7.83. The van der Waals surface area contributed by atoms with Crippen LogP contribution in [0.1, 0.15) is 27.7 Å². The molecule has 0 aromatic carbocycles. The van der Waals surface area contributed by atoms with E-state index in [4.69, 9.17) is 11.6 Å². The molecular weight excluding hydrogens is 234 g/mol. The average Bonchev–Trinajstić information content (AvgIpc) is 2.12. The Morgan fingerprint density at radius 1 is 1.33 bits per heavy atom. The molecule has 0 spiro atoms. The first-order chi connectivity index (χ1) is 6.71. The highest BCUT2D eigenvalue weighted by atomic mass is 35.5. The molecule has 1 N–H and O–H groups in total. The molecule has 0 bridgehead atoms. The molecule has 0 saturated carbocycles. The fourth-order valence-corrected chi connectivity index (χ4v) is 1.92. The Labute approximate surface area is 98.5 Å². The smallest absolute Gasteiger partial charge is 0.153 e. The first kappa shape index (κ1) is 15.2. The maximum Gasteiger partial charge on any atom is 0.153 e. The van der Waals surface area contributed by atoms with Crippen LogP contribution in [0.4, 0.5) is 0 Å². The van der Waals surface area contributed by atoms with E-state index >= 15 is 0 Å². The molecule has 0 saturated heterocycles. The molecule has 0 aliphatic rings. The molecule has 3 nitrogen and oxygen atoms in total. The molecule has 92 valence electrons. The summed E-state index contributed by atoms with van der Waals surface area (Å²) in [5.41, 5.74) is 0.0170. The molecule has 0 fully saturated rings. The van der Waals surface area contributed by atoms with Gasteiger partial charge in [0.05, 0.1) is 11.0 Å². The van der Waals surface area contributed by atoms with E-state index in [0.717, 1.165) is 6.54 Å². The molecule has 0 amide bonds. The molecule has 0 radical (unpaired) electrons. The summed E-state index contributed by atoms with van der Waals surface area (Å²) in [6, 6.07) is 0. The second-order valence-electron chi connectivity index (χ2n) is 4.89. The van der Waals surface area contributed by atoms with E-state index < -0.39 is 9.84 Å². The van der Waals surface area contributed by atoms with Crippen molar-refractivity contribution in [2.75, 3.05) is 24.7 Å². The van der Waals surface area contributed by atoms with Crippen LogP contribution in [-0.2, 0) is 9.84 Å². The average molecular weight is 256 g/mol. The van der Waals surface area contributed by atoms with Crippen molar-refractivity contribution in [3.63, 3.8) is 0 Å². The van der Waals surface area contributed by atoms with Gasteiger partial charge in [-0.25, -0.2) is 8.42 Å². The maximum atomic E-state index is 11.5. The molecule has 0 atom stereocenters. The number of hydrogen-bond acceptors (Lipinski definition) is 3. The zero-order valence-electron chi connectivity index (χ0n) is 10.0. The maximum absolute atomic E-state index is 11.5. The lowest BCUT2D eigenvalue weighted by Gasteiger charge is -2.21. The van der Waals surface area contributed by atoms with Crippen LogP contribution < -0.4 is 5.32 Å². The molecule has 0 aromatic rings. The summed E-state index contributed by atoms with van der Waals surface area (Å²) < 4.78 is 22.9. The van der Waals surface area contributed by atoms with Crippen molar-refractivity contribution < 1.29 is 8.42 Å². The summed E-state index contributed by atoms with van der Waals surface area (Å²) in [7, 11) is -2.92. The van der Waals surface area contributed by atoms with Crippen molar-refractivity contribution in [3.05, 3.63) is 0 Å². The first-order valence-corrected chi connectivity index (χ1v) is 7.44. The molecule has 0 unspecified atom stereocenters. The summed E-state index contributed by atoms with van der Waals surface area (Å²) in [4.78, 5) is 0. The Morgan fingerprint density at radius 3 is 2.27 bits per heavy atom. The first-order valence-electron chi connectivity index (χ1n) is 5.19. The van der Waals surface area contributed by atoms with E-state index in [1.807, 2.05) is 13.8 Å². The molecule has 0 aromatic heterocycles. The Balaban J connectivity index is 3.83. The Hall–Kier alpha value is 0.200. The van der Waals surface area contributed by atoms with Gasteiger partial charge < -0.3 is 5.32 Å². The van der Waals surface area contributed by atoms with Crippen molar-refractivity contribution in [1.82, 2.24) is 5.32 Å². The number of alkyl halides is 1. The van der Waals surface area contributed by atoms with Crippen LogP contribution in [0.3, 0.4) is 0 Å². The summed E-state index contributed by atoms with van der Waals surface area (Å²) in [5, 5.41) is 2.83. The fourth-order valence-electron chi connectivity index (χ4n) is 0.924. The molecule has 5 heteroatoms. The number of rotatable bonds is 7. The van der Waals surface area contributed by atoms with Crippen LogP contribution >= 0.6 is 11.6 Å². The number of nitrogens with one attached hydrogen (secondary N) is 1. The minimum absolute atomic E-state index is 0.0170. The Bertz CT molecular complexity index is 273. The minimum atomic E-state index is -2.92. The molecule has 0 aliphatic carbocycles. The van der Waals surface area contributed by atoms with Gasteiger partial charge in [-0.05, 0) is 19.3 Å². The highest BCUT2D eigenvalue weighted by Gasteiger charge is 2.18. The van der Waals surface area contributed by atoms with E-state index in [9.17, 15) is 8.42 Å². The number of halogens is 1. The van der Waals surface area contributed by atoms with E-state index in [1.54, 1.807) is 13.8 Å². The third kappa shape index (κ3) is 6.38. The van der Waals surface area contributed by atoms with Crippen LogP contribution in [0.25, 0.3) is 0 Å². The van der Waals surface area contributed by atoms with Crippen molar-refractivity contribution in [3.8, 4) is 0 Å². The Kier molecular flexibility index (Phi) is 6.14. The molecule has 0 rings (SSSR count). The fraction of sp³-hybridized carbons (Fsp3) is 1.00. The number of sulfone groups is 1. The summed E-state index contributed by atoms with van der Waals surface area (Å²) >= 11 is 5.75. The lowest BCUT2D eigenvalue weighted by Crippen LogP contribution is -2.34. The lowest BCUT2D eigenvalue weighted by atomic mass is 9.97. The van der Waals surface area contributed by atoms with Crippen molar-refractivity contribution >= 4 is 21.4 Å². The van der Waals surface area contributed by atoms with Gasteiger partial charge in [0.2, 0.25) is 0 Å². The van der Waals surface area contributed by atoms with E-state index in [1.165, 1.54) is 0 Å². The van der Waals surface area contributed by atoms with Crippen LogP contribution in [0, 0.1) is 5.41 Å². The summed E-state index contributed by atoms with van der Waals surface area (Å²) in [5.74, 6) is 0.764. The topological polar surface area (TPSA) is 46.2 Å².